The number of imidazole rings is 1. The van der Waals surface area contributed by atoms with Gasteiger partial charge in [0, 0.05) is 23.6 Å². The Hall–Kier alpha value is -2.33. The second-order valence-electron chi connectivity index (χ2n) is 6.43. The summed E-state index contributed by atoms with van der Waals surface area (Å²) in [5, 5.41) is 19.6. The van der Waals surface area contributed by atoms with Crippen LogP contribution in [-0.2, 0) is 35.0 Å². The summed E-state index contributed by atoms with van der Waals surface area (Å²) in [4.78, 5) is 30.5. The molecule has 0 amide bonds. The van der Waals surface area contributed by atoms with Crippen LogP contribution in [0.3, 0.4) is 0 Å². The van der Waals surface area contributed by atoms with Gasteiger partial charge >= 0.3 is 5.97 Å². The fourth-order valence-corrected chi connectivity index (χ4v) is 4.30. The molecule has 9 nitrogen and oxygen atoms in total. The highest BCUT2D eigenvalue weighted by molar-refractivity contribution is 7.90. The molecule has 0 aliphatic heterocycles. The highest BCUT2D eigenvalue weighted by atomic mass is 35.5. The van der Waals surface area contributed by atoms with Gasteiger partial charge in [-0.2, -0.15) is 0 Å². The van der Waals surface area contributed by atoms with Gasteiger partial charge in [0.05, 0.1) is 5.69 Å². The molecule has 0 saturated heterocycles. The molecular formula is C17H22ClN3O6S. The molecule has 154 valence electrons. The van der Waals surface area contributed by atoms with E-state index in [2.05, 4.69) is 9.97 Å². The molecule has 3 N–H and O–H groups in total. The van der Waals surface area contributed by atoms with Gasteiger partial charge in [-0.15, -0.1) is 12.4 Å². The first-order valence-electron chi connectivity index (χ1n) is 8.70. The third-order valence-corrected chi connectivity index (χ3v) is 6.42. The highest BCUT2D eigenvalue weighted by Gasteiger charge is 2.29. The summed E-state index contributed by atoms with van der Waals surface area (Å²) in [7, 11) is -3.31. The number of aromatic hydroxyl groups is 1. The first-order chi connectivity index (χ1) is 12.7. The number of carbonyl (C=O) groups is 1. The van der Waals surface area contributed by atoms with Gasteiger partial charge in [-0.05, 0) is 26.2 Å². The lowest BCUT2D eigenvalue weighted by molar-refractivity contribution is 0.0691. The van der Waals surface area contributed by atoms with E-state index >= 15 is 0 Å². The minimum absolute atomic E-state index is 0. The molecule has 0 radical (unpaired) electrons. The number of H-pyrrole nitrogens is 1. The van der Waals surface area contributed by atoms with E-state index in [9.17, 15) is 28.2 Å². The molecule has 0 saturated carbocycles. The van der Waals surface area contributed by atoms with Crippen LogP contribution in [-0.4, -0.2) is 44.9 Å². The molecule has 0 unspecified atom stereocenters. The van der Waals surface area contributed by atoms with E-state index in [0.29, 0.717) is 42.9 Å². The third kappa shape index (κ3) is 3.66. The molecule has 2 aromatic rings. The Morgan fingerprint density at radius 1 is 1.29 bits per heavy atom. The minimum Gasteiger partial charge on any atom is -0.506 e. The number of carboxylic acids is 1. The molecule has 28 heavy (non-hydrogen) atoms. The van der Waals surface area contributed by atoms with Crippen LogP contribution in [0.5, 0.6) is 5.75 Å². The average Bonchev–Trinajstić information content (AvgIpc) is 2.82. The smallest absolute Gasteiger partial charge is 0.345 e. The predicted octanol–water partition coefficient (Wildman–Crippen LogP) is 1.51. The molecule has 1 aliphatic carbocycles. The van der Waals surface area contributed by atoms with E-state index in [1.165, 1.54) is 0 Å². The SMILES string of the molecule is CCn1c(CS(=O)(=O)CC)nc2c1CCCc1c-2[nH]c(=O)c(C(=O)O)c1O.Cl. The zero-order valence-corrected chi connectivity index (χ0v) is 17.1. The van der Waals surface area contributed by atoms with Crippen molar-refractivity contribution in [3.8, 4) is 17.1 Å². The van der Waals surface area contributed by atoms with Crippen molar-refractivity contribution in [1.29, 1.82) is 0 Å². The van der Waals surface area contributed by atoms with Crippen molar-refractivity contribution in [2.24, 2.45) is 0 Å². The normalized spacial score (nSPS) is 13.2. The van der Waals surface area contributed by atoms with Crippen molar-refractivity contribution in [3.05, 3.63) is 33.0 Å². The van der Waals surface area contributed by atoms with Crippen LogP contribution in [0, 0.1) is 0 Å². The van der Waals surface area contributed by atoms with Gasteiger partial charge in [0.2, 0.25) is 0 Å². The maximum atomic E-state index is 12.2. The van der Waals surface area contributed by atoms with Crippen molar-refractivity contribution in [3.63, 3.8) is 0 Å². The molecule has 11 heteroatoms. The Bertz CT molecular complexity index is 1090. The van der Waals surface area contributed by atoms with Crippen molar-refractivity contribution in [2.45, 2.75) is 45.4 Å². The lowest BCUT2D eigenvalue weighted by Gasteiger charge is -2.09. The number of rotatable bonds is 5. The Labute approximate surface area is 167 Å². The molecule has 0 aromatic carbocycles. The number of hydrogen-bond donors (Lipinski definition) is 3. The number of sulfone groups is 1. The summed E-state index contributed by atoms with van der Waals surface area (Å²) < 4.78 is 26.0. The van der Waals surface area contributed by atoms with Crippen LogP contribution in [0.2, 0.25) is 0 Å². The van der Waals surface area contributed by atoms with Crippen molar-refractivity contribution in [2.75, 3.05) is 5.75 Å². The lowest BCUT2D eigenvalue weighted by Crippen LogP contribution is -2.20. The number of nitrogens with zero attached hydrogens (tertiary/aromatic N) is 2. The molecule has 2 aromatic heterocycles. The molecule has 0 atom stereocenters. The largest absolute Gasteiger partial charge is 0.506 e. The van der Waals surface area contributed by atoms with Gasteiger partial charge in [-0.25, -0.2) is 18.2 Å². The number of aromatic carboxylic acids is 1. The number of aromatic amines is 1. The van der Waals surface area contributed by atoms with Gasteiger partial charge in [-0.3, -0.25) is 4.79 Å². The molecule has 2 heterocycles. The maximum Gasteiger partial charge on any atom is 0.345 e. The van der Waals surface area contributed by atoms with Crippen LogP contribution < -0.4 is 5.56 Å². The molecule has 3 rings (SSSR count). The van der Waals surface area contributed by atoms with Crippen LogP contribution in [0.4, 0.5) is 0 Å². The minimum atomic E-state index is -3.31. The zero-order chi connectivity index (χ0) is 19.9. The van der Waals surface area contributed by atoms with Crippen molar-refractivity contribution < 1.29 is 23.4 Å². The van der Waals surface area contributed by atoms with Gasteiger partial charge < -0.3 is 19.8 Å². The number of fused-ring (bicyclic) bond motifs is 3. The molecule has 0 fully saturated rings. The Kier molecular flexibility index (Phi) is 6.24. The van der Waals surface area contributed by atoms with Gasteiger partial charge in [0.15, 0.2) is 15.4 Å². The van der Waals surface area contributed by atoms with Crippen LogP contribution in [0.25, 0.3) is 11.4 Å². The predicted molar refractivity (Wildman–Crippen MR) is 105 cm³/mol. The van der Waals surface area contributed by atoms with E-state index in [4.69, 9.17) is 0 Å². The summed E-state index contributed by atoms with van der Waals surface area (Å²) in [6.07, 6.45) is 1.55. The third-order valence-electron chi connectivity index (χ3n) is 4.84. The Balaban J connectivity index is 0.00000280. The van der Waals surface area contributed by atoms with Crippen LogP contribution in [0.15, 0.2) is 4.79 Å². The number of carboxylic acid groups (broad SMARTS) is 1. The lowest BCUT2D eigenvalue weighted by atomic mass is 10.0. The Morgan fingerprint density at radius 3 is 2.54 bits per heavy atom. The molecule has 1 aliphatic rings. The number of pyridine rings is 1. The first kappa shape index (κ1) is 22.0. The molecule has 0 spiro atoms. The average molecular weight is 432 g/mol. The quantitative estimate of drug-likeness (QED) is 0.651. The van der Waals surface area contributed by atoms with Crippen LogP contribution in [0.1, 0.15) is 47.7 Å². The number of hydrogen-bond acceptors (Lipinski definition) is 6. The highest BCUT2D eigenvalue weighted by Crippen LogP contribution is 2.36. The summed E-state index contributed by atoms with van der Waals surface area (Å²) in [5.41, 5.74) is 0.140. The van der Waals surface area contributed by atoms with E-state index in [1.807, 2.05) is 11.5 Å². The summed E-state index contributed by atoms with van der Waals surface area (Å²) in [6, 6.07) is 0. The van der Waals surface area contributed by atoms with Crippen LogP contribution >= 0.6 is 12.4 Å². The van der Waals surface area contributed by atoms with E-state index in [-0.39, 0.29) is 29.6 Å². The first-order valence-corrected chi connectivity index (χ1v) is 10.5. The maximum absolute atomic E-state index is 12.2. The zero-order valence-electron chi connectivity index (χ0n) is 15.5. The standard InChI is InChI=1S/C17H21N3O6S.ClH/c1-3-20-10-7-5-6-9-13(19-16(22)12(15(9)21)17(23)24)14(10)18-11(20)8-27(25,26)4-2;/h3-8H2,1-2H3,(H,23,24)(H2,19,21,22);1H. The van der Waals surface area contributed by atoms with Gasteiger partial charge in [0.1, 0.15) is 23.0 Å². The van der Waals surface area contributed by atoms with Crippen molar-refractivity contribution >= 4 is 28.2 Å². The van der Waals surface area contributed by atoms with Gasteiger partial charge in [-0.1, -0.05) is 6.92 Å². The number of nitrogens with one attached hydrogen (secondary N) is 1. The van der Waals surface area contributed by atoms with E-state index in [0.717, 1.165) is 5.69 Å². The fraction of sp³-hybridized carbons (Fsp3) is 0.471. The number of aromatic nitrogens is 3. The topological polar surface area (TPSA) is 142 Å². The molecule has 0 bridgehead atoms. The van der Waals surface area contributed by atoms with Gasteiger partial charge in [0.25, 0.3) is 5.56 Å². The molecular weight excluding hydrogens is 410 g/mol. The monoisotopic (exact) mass is 431 g/mol. The second kappa shape index (κ2) is 7.96. The van der Waals surface area contributed by atoms with Crippen molar-refractivity contribution in [1.82, 2.24) is 14.5 Å². The second-order valence-corrected chi connectivity index (χ2v) is 8.79. The Morgan fingerprint density at radius 2 is 1.96 bits per heavy atom. The number of halogens is 1. The summed E-state index contributed by atoms with van der Waals surface area (Å²) >= 11 is 0. The summed E-state index contributed by atoms with van der Waals surface area (Å²) in [5.74, 6) is -1.91. The fourth-order valence-electron chi connectivity index (χ4n) is 3.48. The van der Waals surface area contributed by atoms with E-state index < -0.39 is 32.7 Å². The summed E-state index contributed by atoms with van der Waals surface area (Å²) in [6.45, 7) is 3.96. The van der Waals surface area contributed by atoms with E-state index in [1.54, 1.807) is 6.92 Å².